The van der Waals surface area contributed by atoms with Gasteiger partial charge in [0, 0.05) is 0 Å². The summed E-state index contributed by atoms with van der Waals surface area (Å²) >= 11 is 0.698. The third-order valence-corrected chi connectivity index (χ3v) is 3.55. The zero-order valence-electron chi connectivity index (χ0n) is 10.3. The molecule has 0 spiro atoms. The molecule has 2 aliphatic heterocycles. The summed E-state index contributed by atoms with van der Waals surface area (Å²) in [5.41, 5.74) is 2.33. The van der Waals surface area contributed by atoms with Crippen LogP contribution in [-0.2, 0) is 0 Å². The van der Waals surface area contributed by atoms with Crippen molar-refractivity contribution in [2.75, 3.05) is 6.54 Å². The molecule has 0 amide bonds. The van der Waals surface area contributed by atoms with E-state index in [9.17, 15) is 13.2 Å². The average molecular weight is 298 g/mol. The van der Waals surface area contributed by atoms with Crippen molar-refractivity contribution >= 4 is 28.7 Å². The van der Waals surface area contributed by atoms with E-state index in [1.165, 1.54) is 0 Å². The van der Waals surface area contributed by atoms with Gasteiger partial charge in [-0.2, -0.15) is 27.7 Å². The van der Waals surface area contributed by atoms with Crippen LogP contribution in [0.15, 0.2) is 38.8 Å². The van der Waals surface area contributed by atoms with E-state index < -0.39 is 12.0 Å². The van der Waals surface area contributed by atoms with Gasteiger partial charge in [0.15, 0.2) is 0 Å². The average Bonchev–Trinajstić information content (AvgIpc) is 2.82. The van der Waals surface area contributed by atoms with Gasteiger partial charge >= 0.3 is 6.18 Å². The summed E-state index contributed by atoms with van der Waals surface area (Å²) in [6.07, 6.45) is -4.54. The molecule has 0 unspecified atom stereocenters. The second-order valence-corrected chi connectivity index (χ2v) is 5.06. The summed E-state index contributed by atoms with van der Waals surface area (Å²) < 4.78 is 41.8. The SMILES string of the molecule is Cc1ccc(C2=NN3C(=NC2)SN=C3C(F)(F)F)cc1. The van der Waals surface area contributed by atoms with Gasteiger partial charge in [0.05, 0.1) is 24.2 Å². The Hall–Kier alpha value is -1.83. The lowest BCUT2D eigenvalue weighted by molar-refractivity contribution is -0.0654. The van der Waals surface area contributed by atoms with Crippen molar-refractivity contribution in [3.8, 4) is 0 Å². The molecule has 8 heteroatoms. The fraction of sp³-hybridized carbons (Fsp3) is 0.250. The molecular formula is C12H9F3N4S. The maximum atomic E-state index is 12.8. The molecule has 0 saturated carbocycles. The molecule has 0 radical (unpaired) electrons. The Kier molecular flexibility index (Phi) is 3.04. The lowest BCUT2D eigenvalue weighted by Crippen LogP contribution is -2.40. The molecule has 0 N–H and O–H groups in total. The quantitative estimate of drug-likeness (QED) is 0.748. The highest BCUT2D eigenvalue weighted by Gasteiger charge is 2.46. The van der Waals surface area contributed by atoms with Crippen molar-refractivity contribution in [1.82, 2.24) is 5.01 Å². The summed E-state index contributed by atoms with van der Waals surface area (Å²) in [6.45, 7) is 2.19. The Morgan fingerprint density at radius 2 is 1.90 bits per heavy atom. The zero-order chi connectivity index (χ0) is 14.3. The molecule has 0 saturated heterocycles. The number of hydrogen-bond acceptors (Lipinski definition) is 5. The molecular weight excluding hydrogens is 289 g/mol. The second kappa shape index (κ2) is 4.62. The van der Waals surface area contributed by atoms with Gasteiger partial charge in [-0.15, -0.1) is 0 Å². The maximum Gasteiger partial charge on any atom is 0.452 e. The fourth-order valence-electron chi connectivity index (χ4n) is 1.80. The number of rotatable bonds is 1. The van der Waals surface area contributed by atoms with Crippen LogP contribution in [0.4, 0.5) is 13.2 Å². The highest BCUT2D eigenvalue weighted by atomic mass is 32.2. The molecule has 0 bridgehead atoms. The number of aliphatic imine (C=N–C) groups is 1. The second-order valence-electron chi connectivity index (χ2n) is 4.33. The van der Waals surface area contributed by atoms with Crippen molar-refractivity contribution in [1.29, 1.82) is 0 Å². The molecule has 2 aliphatic rings. The van der Waals surface area contributed by atoms with E-state index in [0.29, 0.717) is 17.7 Å². The Labute approximate surface area is 117 Å². The van der Waals surface area contributed by atoms with Gasteiger partial charge in [0.1, 0.15) is 0 Å². The van der Waals surface area contributed by atoms with E-state index in [-0.39, 0.29) is 11.7 Å². The topological polar surface area (TPSA) is 40.3 Å². The third kappa shape index (κ3) is 2.31. The van der Waals surface area contributed by atoms with Crippen LogP contribution in [-0.4, -0.2) is 34.4 Å². The minimum absolute atomic E-state index is 0.160. The minimum atomic E-state index is -4.54. The predicted octanol–water partition coefficient (Wildman–Crippen LogP) is 2.99. The molecule has 0 atom stereocenters. The summed E-state index contributed by atoms with van der Waals surface area (Å²) in [5.74, 6) is -1.04. The van der Waals surface area contributed by atoms with Crippen LogP contribution < -0.4 is 0 Å². The molecule has 1 aromatic rings. The van der Waals surface area contributed by atoms with Crippen LogP contribution in [0.3, 0.4) is 0 Å². The minimum Gasteiger partial charge on any atom is -0.253 e. The lowest BCUT2D eigenvalue weighted by atomic mass is 10.1. The van der Waals surface area contributed by atoms with Crippen molar-refractivity contribution in [3.05, 3.63) is 35.4 Å². The summed E-state index contributed by atoms with van der Waals surface area (Å²) in [7, 11) is 0. The molecule has 0 aromatic heterocycles. The summed E-state index contributed by atoms with van der Waals surface area (Å²) in [4.78, 5) is 4.10. The summed E-state index contributed by atoms with van der Waals surface area (Å²) in [6, 6.07) is 7.41. The van der Waals surface area contributed by atoms with E-state index in [1.54, 1.807) is 0 Å². The standard InChI is InChI=1S/C12H9F3N4S/c1-7-2-4-8(5-3-7)9-6-16-11-19(17-9)10(18-20-11)12(13,14)15/h2-5H,6H2,1H3. The highest BCUT2D eigenvalue weighted by molar-refractivity contribution is 8.13. The largest absolute Gasteiger partial charge is 0.452 e. The molecule has 4 nitrogen and oxygen atoms in total. The number of nitrogens with zero attached hydrogens (tertiary/aromatic N) is 4. The molecule has 104 valence electrons. The number of halogens is 3. The highest BCUT2D eigenvalue weighted by Crippen LogP contribution is 2.32. The Balaban J connectivity index is 1.93. The summed E-state index contributed by atoms with van der Waals surface area (Å²) in [5, 5.41) is 4.97. The number of aryl methyl sites for hydroxylation is 1. The Morgan fingerprint density at radius 3 is 2.55 bits per heavy atom. The van der Waals surface area contributed by atoms with E-state index in [4.69, 9.17) is 0 Å². The van der Waals surface area contributed by atoms with Gasteiger partial charge in [-0.3, -0.25) is 4.99 Å². The Bertz CT molecular complexity index is 631. The molecule has 3 rings (SSSR count). The van der Waals surface area contributed by atoms with E-state index in [0.717, 1.165) is 16.1 Å². The van der Waals surface area contributed by atoms with E-state index in [1.807, 2.05) is 31.2 Å². The number of hydrogen-bond donors (Lipinski definition) is 0. The number of alkyl halides is 3. The molecule has 2 heterocycles. The van der Waals surface area contributed by atoms with Crippen LogP contribution in [0, 0.1) is 6.92 Å². The number of amidine groups is 2. The smallest absolute Gasteiger partial charge is 0.253 e. The normalized spacial score (nSPS) is 18.4. The van der Waals surface area contributed by atoms with Crippen LogP contribution in [0.1, 0.15) is 11.1 Å². The lowest BCUT2D eigenvalue weighted by Gasteiger charge is -2.21. The van der Waals surface area contributed by atoms with Crippen LogP contribution in [0.2, 0.25) is 0 Å². The van der Waals surface area contributed by atoms with Gasteiger partial charge in [0.2, 0.25) is 11.0 Å². The number of hydrazone groups is 1. The molecule has 1 aromatic carbocycles. The van der Waals surface area contributed by atoms with Crippen LogP contribution >= 0.6 is 11.9 Å². The van der Waals surface area contributed by atoms with Gasteiger partial charge in [-0.25, -0.2) is 0 Å². The van der Waals surface area contributed by atoms with Gasteiger partial charge in [-0.1, -0.05) is 29.8 Å². The van der Waals surface area contributed by atoms with Crippen molar-refractivity contribution in [2.45, 2.75) is 13.1 Å². The number of fused-ring (bicyclic) bond motifs is 1. The first-order chi connectivity index (χ1) is 9.45. The van der Waals surface area contributed by atoms with Crippen molar-refractivity contribution < 1.29 is 13.2 Å². The first-order valence-corrected chi connectivity index (χ1v) is 6.54. The van der Waals surface area contributed by atoms with Crippen molar-refractivity contribution in [3.63, 3.8) is 0 Å². The maximum absolute atomic E-state index is 12.8. The van der Waals surface area contributed by atoms with Gasteiger partial charge < -0.3 is 0 Å². The molecule has 0 aliphatic carbocycles. The van der Waals surface area contributed by atoms with Gasteiger partial charge in [0.25, 0.3) is 0 Å². The van der Waals surface area contributed by atoms with E-state index >= 15 is 0 Å². The monoisotopic (exact) mass is 298 g/mol. The van der Waals surface area contributed by atoms with Crippen molar-refractivity contribution in [2.24, 2.45) is 14.5 Å². The first-order valence-electron chi connectivity index (χ1n) is 5.76. The van der Waals surface area contributed by atoms with Gasteiger partial charge in [-0.05, 0) is 12.5 Å². The van der Waals surface area contributed by atoms with Crippen LogP contribution in [0.25, 0.3) is 0 Å². The van der Waals surface area contributed by atoms with E-state index in [2.05, 4.69) is 14.5 Å². The number of benzene rings is 1. The fourth-order valence-corrected chi connectivity index (χ4v) is 2.48. The molecule has 0 fully saturated rings. The molecule has 20 heavy (non-hydrogen) atoms. The predicted molar refractivity (Wildman–Crippen MR) is 72.9 cm³/mol. The third-order valence-electron chi connectivity index (χ3n) is 2.82. The first kappa shape index (κ1) is 13.2. The Morgan fingerprint density at radius 1 is 1.20 bits per heavy atom. The van der Waals surface area contributed by atoms with Crippen LogP contribution in [0.5, 0.6) is 0 Å². The zero-order valence-corrected chi connectivity index (χ0v) is 11.2.